The molecule has 12 aromatic carbocycles. The van der Waals surface area contributed by atoms with E-state index in [9.17, 15) is 0 Å². The summed E-state index contributed by atoms with van der Waals surface area (Å²) >= 11 is 0. The molecule has 0 bridgehead atoms. The van der Waals surface area contributed by atoms with Crippen LogP contribution in [0.2, 0.25) is 0 Å². The van der Waals surface area contributed by atoms with Crippen molar-refractivity contribution in [2.45, 2.75) is 0 Å². The Labute approximate surface area is 382 Å². The molecule has 13 aromatic rings. The van der Waals surface area contributed by atoms with Crippen molar-refractivity contribution in [2.75, 3.05) is 4.90 Å². The Balaban J connectivity index is 1.01. The molecule has 0 saturated carbocycles. The van der Waals surface area contributed by atoms with Gasteiger partial charge in [0.05, 0.1) is 0 Å². The highest BCUT2D eigenvalue weighted by Gasteiger charge is 2.21. The summed E-state index contributed by atoms with van der Waals surface area (Å²) in [7, 11) is 0. The van der Waals surface area contributed by atoms with Gasteiger partial charge in [-0.15, -0.1) is 0 Å². The maximum absolute atomic E-state index is 6.62. The van der Waals surface area contributed by atoms with Gasteiger partial charge in [0.15, 0.2) is 0 Å². The summed E-state index contributed by atoms with van der Waals surface area (Å²) in [6.07, 6.45) is 0. The Morgan fingerprint density at radius 2 is 0.742 bits per heavy atom. The van der Waals surface area contributed by atoms with E-state index in [-0.39, 0.29) is 0 Å². The zero-order valence-corrected chi connectivity index (χ0v) is 36.0. The molecule has 0 N–H and O–H groups in total. The molecule has 0 aliphatic carbocycles. The van der Waals surface area contributed by atoms with Crippen molar-refractivity contribution in [2.24, 2.45) is 0 Å². The quantitative estimate of drug-likeness (QED) is 0.149. The highest BCUT2D eigenvalue weighted by molar-refractivity contribution is 6.22. The van der Waals surface area contributed by atoms with Gasteiger partial charge >= 0.3 is 0 Å². The number of furan rings is 1. The van der Waals surface area contributed by atoms with Crippen LogP contribution in [0, 0.1) is 0 Å². The molecule has 13 rings (SSSR count). The Morgan fingerprint density at radius 1 is 0.242 bits per heavy atom. The Bertz CT molecular complexity index is 4000. The summed E-state index contributed by atoms with van der Waals surface area (Å²) in [5.74, 6) is 0. The average molecular weight is 840 g/mol. The van der Waals surface area contributed by atoms with E-state index in [4.69, 9.17) is 4.42 Å². The van der Waals surface area contributed by atoms with Crippen LogP contribution < -0.4 is 4.90 Å². The van der Waals surface area contributed by atoms with Crippen LogP contribution in [0.1, 0.15) is 0 Å². The number of nitrogens with zero attached hydrogens (tertiary/aromatic N) is 1. The van der Waals surface area contributed by atoms with Crippen LogP contribution in [0.3, 0.4) is 0 Å². The lowest BCUT2D eigenvalue weighted by molar-refractivity contribution is 0.672. The van der Waals surface area contributed by atoms with Gasteiger partial charge in [-0.1, -0.05) is 188 Å². The number of fused-ring (bicyclic) bond motifs is 9. The van der Waals surface area contributed by atoms with E-state index >= 15 is 0 Å². The second-order valence-corrected chi connectivity index (χ2v) is 17.2. The zero-order chi connectivity index (χ0) is 43.6. The molecule has 0 unspecified atom stereocenters. The van der Waals surface area contributed by atoms with Crippen molar-refractivity contribution in [3.05, 3.63) is 249 Å². The first-order chi connectivity index (χ1) is 32.7. The van der Waals surface area contributed by atoms with Crippen molar-refractivity contribution in [3.63, 3.8) is 0 Å². The fraction of sp³-hybridized carbons (Fsp3) is 0. The molecular weight excluding hydrogens is 799 g/mol. The number of hydrogen-bond acceptors (Lipinski definition) is 2. The van der Waals surface area contributed by atoms with E-state index in [2.05, 4.69) is 254 Å². The van der Waals surface area contributed by atoms with E-state index in [0.717, 1.165) is 61.1 Å². The molecule has 1 heterocycles. The average Bonchev–Trinajstić information content (AvgIpc) is 3.77. The maximum Gasteiger partial charge on any atom is 0.143 e. The molecule has 0 amide bonds. The number of anilines is 3. The number of hydrogen-bond donors (Lipinski definition) is 0. The highest BCUT2D eigenvalue weighted by atomic mass is 16.3. The molecule has 2 heteroatoms. The molecule has 0 aliphatic rings. The number of rotatable bonds is 7. The first-order valence-corrected chi connectivity index (χ1v) is 22.7. The van der Waals surface area contributed by atoms with Crippen molar-refractivity contribution in [1.82, 2.24) is 0 Å². The molecule has 0 atom stereocenters. The van der Waals surface area contributed by atoms with Crippen LogP contribution in [0.5, 0.6) is 0 Å². The van der Waals surface area contributed by atoms with Gasteiger partial charge < -0.3 is 9.32 Å². The van der Waals surface area contributed by atoms with Crippen LogP contribution >= 0.6 is 0 Å². The normalized spacial score (nSPS) is 11.6. The summed E-state index contributed by atoms with van der Waals surface area (Å²) < 4.78 is 6.62. The van der Waals surface area contributed by atoms with Crippen LogP contribution in [0.4, 0.5) is 17.1 Å². The molecule has 0 radical (unpaired) electrons. The predicted octanol–water partition coefficient (Wildman–Crippen LogP) is 18.3. The number of benzene rings is 12. The van der Waals surface area contributed by atoms with Crippen molar-refractivity contribution < 1.29 is 4.42 Å². The van der Waals surface area contributed by atoms with Crippen LogP contribution in [-0.4, -0.2) is 0 Å². The molecule has 2 nitrogen and oxygen atoms in total. The minimum Gasteiger partial charge on any atom is -0.455 e. The monoisotopic (exact) mass is 839 g/mol. The second kappa shape index (κ2) is 15.5. The summed E-state index contributed by atoms with van der Waals surface area (Å²) in [5, 5.41) is 11.9. The van der Waals surface area contributed by atoms with E-state index in [1.165, 1.54) is 65.5 Å². The second-order valence-electron chi connectivity index (χ2n) is 17.2. The molecule has 1 aromatic heterocycles. The maximum atomic E-state index is 6.62. The van der Waals surface area contributed by atoms with Gasteiger partial charge in [-0.2, -0.15) is 0 Å². The van der Waals surface area contributed by atoms with Crippen LogP contribution in [0.25, 0.3) is 110 Å². The van der Waals surface area contributed by atoms with Gasteiger partial charge in [-0.3, -0.25) is 0 Å². The molecule has 308 valence electrons. The Kier molecular flexibility index (Phi) is 8.89. The lowest BCUT2D eigenvalue weighted by Crippen LogP contribution is -2.10. The van der Waals surface area contributed by atoms with E-state index in [1.807, 2.05) is 0 Å². The van der Waals surface area contributed by atoms with Gasteiger partial charge in [0.1, 0.15) is 11.2 Å². The van der Waals surface area contributed by atoms with Crippen molar-refractivity contribution in [3.8, 4) is 44.5 Å². The minimum atomic E-state index is 0.872. The molecule has 0 spiro atoms. The van der Waals surface area contributed by atoms with Gasteiger partial charge in [-0.25, -0.2) is 0 Å². The fourth-order valence-corrected chi connectivity index (χ4v) is 10.3. The van der Waals surface area contributed by atoms with Crippen molar-refractivity contribution in [1.29, 1.82) is 0 Å². The largest absolute Gasteiger partial charge is 0.455 e. The molecule has 0 fully saturated rings. The highest BCUT2D eigenvalue weighted by Crippen LogP contribution is 2.47. The van der Waals surface area contributed by atoms with Gasteiger partial charge in [0, 0.05) is 33.2 Å². The minimum absolute atomic E-state index is 0.872. The first-order valence-electron chi connectivity index (χ1n) is 22.7. The third-order valence-electron chi connectivity index (χ3n) is 13.4. The van der Waals surface area contributed by atoms with E-state index in [1.54, 1.807) is 0 Å². The topological polar surface area (TPSA) is 16.4 Å². The smallest absolute Gasteiger partial charge is 0.143 e. The molecule has 0 saturated heterocycles. The zero-order valence-electron chi connectivity index (χ0n) is 36.0. The standard InChI is InChI=1S/C64H41NO/c1-3-17-44(18-4-1)62-57-28-12-11-27-55(57)56-34-32-50(40-60(56)63(62)45-19-5-2-6-20-45)48-23-14-25-52(39-48)65(51-24-13-22-47(38-51)49-30-29-42-15-7-8-21-46(42)37-49)53-33-36-61-59(41-53)58-35-31-43-16-9-10-26-54(43)64(58)66-61/h1-41H. The SMILES string of the molecule is c1ccc(-c2c(-c3ccccc3)c3cc(-c4cccc(N(c5cccc(-c6ccc7ccccc7c6)c5)c5ccc6oc7c8ccccc8ccc7c6c5)c4)ccc3c3ccccc23)cc1. The summed E-state index contributed by atoms with van der Waals surface area (Å²) in [6, 6.07) is 90.4. The first kappa shape index (κ1) is 37.8. The van der Waals surface area contributed by atoms with Gasteiger partial charge in [0.25, 0.3) is 0 Å². The van der Waals surface area contributed by atoms with Gasteiger partial charge in [0.2, 0.25) is 0 Å². The van der Waals surface area contributed by atoms with Gasteiger partial charge in [-0.05, 0) is 143 Å². The molecular formula is C64H41NO. The van der Waals surface area contributed by atoms with Crippen LogP contribution in [0.15, 0.2) is 253 Å². The van der Waals surface area contributed by atoms with Crippen molar-refractivity contribution >= 4 is 82.1 Å². The fourth-order valence-electron chi connectivity index (χ4n) is 10.3. The third kappa shape index (κ3) is 6.34. The Hall–Kier alpha value is -8.72. The third-order valence-corrected chi connectivity index (χ3v) is 13.4. The van der Waals surface area contributed by atoms with E-state index < -0.39 is 0 Å². The summed E-state index contributed by atoms with van der Waals surface area (Å²) in [4.78, 5) is 2.39. The lowest BCUT2D eigenvalue weighted by Gasteiger charge is -2.27. The lowest BCUT2D eigenvalue weighted by atomic mass is 9.84. The molecule has 0 aliphatic heterocycles. The predicted molar refractivity (Wildman–Crippen MR) is 280 cm³/mol. The summed E-state index contributed by atoms with van der Waals surface area (Å²) in [5.41, 5.74) is 14.5. The molecule has 66 heavy (non-hydrogen) atoms. The summed E-state index contributed by atoms with van der Waals surface area (Å²) in [6.45, 7) is 0. The van der Waals surface area contributed by atoms with E-state index in [0.29, 0.717) is 0 Å². The Morgan fingerprint density at radius 3 is 1.47 bits per heavy atom. The van der Waals surface area contributed by atoms with Crippen LogP contribution in [-0.2, 0) is 0 Å².